The second-order valence-electron chi connectivity index (χ2n) is 1.94. The monoisotopic (exact) mass is 188 g/mol. The largest absolute Gasteiger partial charge is 0.489 e. The van der Waals surface area contributed by atoms with Crippen LogP contribution in [-0.4, -0.2) is 17.0 Å². The summed E-state index contributed by atoms with van der Waals surface area (Å²) in [6.07, 6.45) is 1.20. The summed E-state index contributed by atoms with van der Waals surface area (Å²) in [4.78, 5) is 13.2. The van der Waals surface area contributed by atoms with Gasteiger partial charge < -0.3 is 14.9 Å². The van der Waals surface area contributed by atoms with Crippen molar-refractivity contribution in [3.8, 4) is 5.75 Å². The topological polar surface area (TPSA) is 65.3 Å². The molecule has 0 spiro atoms. The van der Waals surface area contributed by atoms with Crippen LogP contribution in [0.4, 0.5) is 5.82 Å². The van der Waals surface area contributed by atoms with E-state index < -0.39 is 4.92 Å². The van der Waals surface area contributed by atoms with Gasteiger partial charge in [0.05, 0.1) is 12.1 Å². The van der Waals surface area contributed by atoms with Crippen LogP contribution < -0.4 is 4.74 Å². The molecule has 1 heterocycles. The van der Waals surface area contributed by atoms with E-state index in [0.29, 0.717) is 5.02 Å². The van der Waals surface area contributed by atoms with Gasteiger partial charge in [-0.2, -0.15) is 0 Å². The minimum atomic E-state index is -0.630. The van der Waals surface area contributed by atoms with Gasteiger partial charge in [0, 0.05) is 6.07 Å². The first-order valence-corrected chi connectivity index (χ1v) is 3.37. The number of hydrogen-bond acceptors (Lipinski definition) is 4. The molecule has 6 heteroatoms. The van der Waals surface area contributed by atoms with E-state index in [4.69, 9.17) is 16.3 Å². The molecule has 1 aromatic heterocycles. The molecule has 0 bridgehead atoms. The maximum absolute atomic E-state index is 10.3. The van der Waals surface area contributed by atoms with Crippen LogP contribution in [0.2, 0.25) is 5.02 Å². The molecule has 5 nitrogen and oxygen atoms in total. The average molecular weight is 189 g/mol. The predicted molar refractivity (Wildman–Crippen MR) is 42.5 cm³/mol. The average Bonchev–Trinajstić information content (AvgIpc) is 2.03. The smallest absolute Gasteiger partial charge is 0.406 e. The Hall–Kier alpha value is -1.36. The van der Waals surface area contributed by atoms with Crippen molar-refractivity contribution in [2.45, 2.75) is 0 Å². The summed E-state index contributed by atoms with van der Waals surface area (Å²) in [5.74, 6) is -0.269. The highest BCUT2D eigenvalue weighted by atomic mass is 35.5. The van der Waals surface area contributed by atoms with E-state index in [1.807, 2.05) is 0 Å². The molecule has 1 rings (SSSR count). The lowest BCUT2D eigenvalue weighted by Gasteiger charge is -1.99. The minimum Gasteiger partial charge on any atom is -0.489 e. The van der Waals surface area contributed by atoms with E-state index in [-0.39, 0.29) is 11.6 Å². The van der Waals surface area contributed by atoms with Crippen LogP contribution in [0.1, 0.15) is 0 Å². The van der Waals surface area contributed by atoms with Gasteiger partial charge in [0.2, 0.25) is 5.75 Å². The predicted octanol–water partition coefficient (Wildman–Crippen LogP) is 1.65. The lowest BCUT2D eigenvalue weighted by atomic mass is 10.4. The van der Waals surface area contributed by atoms with Gasteiger partial charge in [-0.05, 0) is 9.91 Å². The molecule has 0 saturated carbocycles. The molecule has 0 radical (unpaired) electrons. The normalized spacial score (nSPS) is 9.50. The number of methoxy groups -OCH3 is 1. The second kappa shape index (κ2) is 3.36. The number of hydrogen-bond donors (Lipinski definition) is 0. The standard InChI is InChI=1S/C6H5ClN2O3/c1-12-5-2-4(7)3-8-6(5)9(10)11/h2-3H,1H3. The zero-order valence-electron chi connectivity index (χ0n) is 6.15. The summed E-state index contributed by atoms with van der Waals surface area (Å²) in [6.45, 7) is 0. The van der Waals surface area contributed by atoms with Crippen molar-refractivity contribution in [1.29, 1.82) is 0 Å². The fourth-order valence-electron chi connectivity index (χ4n) is 0.701. The first kappa shape index (κ1) is 8.73. The first-order chi connectivity index (χ1) is 5.65. The van der Waals surface area contributed by atoms with Crippen molar-refractivity contribution in [2.75, 3.05) is 7.11 Å². The summed E-state index contributed by atoms with van der Waals surface area (Å²) in [5, 5.41) is 10.6. The quantitative estimate of drug-likeness (QED) is 0.523. The molecular formula is C6H5ClN2O3. The highest BCUT2D eigenvalue weighted by molar-refractivity contribution is 6.30. The molecule has 64 valence electrons. The van der Waals surface area contributed by atoms with Crippen molar-refractivity contribution < 1.29 is 9.66 Å². The van der Waals surface area contributed by atoms with Crippen molar-refractivity contribution in [2.24, 2.45) is 0 Å². The van der Waals surface area contributed by atoms with Crippen LogP contribution in [0.15, 0.2) is 12.3 Å². The van der Waals surface area contributed by atoms with Crippen LogP contribution >= 0.6 is 11.6 Å². The van der Waals surface area contributed by atoms with Crippen molar-refractivity contribution in [3.63, 3.8) is 0 Å². The maximum atomic E-state index is 10.3. The highest BCUT2D eigenvalue weighted by Gasteiger charge is 2.15. The van der Waals surface area contributed by atoms with Crippen LogP contribution in [-0.2, 0) is 0 Å². The van der Waals surface area contributed by atoms with Crippen LogP contribution in [0, 0.1) is 10.1 Å². The van der Waals surface area contributed by atoms with Gasteiger partial charge in [-0.25, -0.2) is 0 Å². The Balaban J connectivity index is 3.20. The van der Waals surface area contributed by atoms with E-state index in [9.17, 15) is 10.1 Å². The summed E-state index contributed by atoms with van der Waals surface area (Å²) in [7, 11) is 1.32. The van der Waals surface area contributed by atoms with Gasteiger partial charge in [-0.3, -0.25) is 0 Å². The third-order valence-corrected chi connectivity index (χ3v) is 1.40. The number of halogens is 1. The molecule has 0 aliphatic carbocycles. The third-order valence-electron chi connectivity index (χ3n) is 1.19. The van der Waals surface area contributed by atoms with Gasteiger partial charge in [0.25, 0.3) is 0 Å². The minimum absolute atomic E-state index is 0.0625. The SMILES string of the molecule is COc1cc(Cl)cnc1[N+](=O)[O-]. The first-order valence-electron chi connectivity index (χ1n) is 2.99. The molecule has 0 aliphatic heterocycles. The van der Waals surface area contributed by atoms with Crippen LogP contribution in [0.3, 0.4) is 0 Å². The van der Waals surface area contributed by atoms with Gasteiger partial charge in [0.15, 0.2) is 6.20 Å². The van der Waals surface area contributed by atoms with E-state index in [0.717, 1.165) is 0 Å². The Morgan fingerprint density at radius 2 is 2.42 bits per heavy atom. The Bertz CT molecular complexity index is 316. The van der Waals surface area contributed by atoms with E-state index in [1.165, 1.54) is 19.4 Å². The number of rotatable bonds is 2. The van der Waals surface area contributed by atoms with E-state index >= 15 is 0 Å². The zero-order valence-corrected chi connectivity index (χ0v) is 6.91. The summed E-state index contributed by atoms with van der Waals surface area (Å²) in [6, 6.07) is 1.34. The fourth-order valence-corrected chi connectivity index (χ4v) is 0.849. The van der Waals surface area contributed by atoms with Crippen molar-refractivity contribution in [1.82, 2.24) is 4.98 Å². The summed E-state index contributed by atoms with van der Waals surface area (Å²) in [5.41, 5.74) is 0. The Labute approximate surface area is 73.1 Å². The number of aromatic nitrogens is 1. The van der Waals surface area contributed by atoms with Gasteiger partial charge in [-0.1, -0.05) is 11.6 Å². The molecule has 1 aromatic rings. The molecule has 0 amide bonds. The molecule has 0 unspecified atom stereocenters. The Morgan fingerprint density at radius 1 is 1.75 bits per heavy atom. The highest BCUT2D eigenvalue weighted by Crippen LogP contribution is 2.26. The molecular weight excluding hydrogens is 184 g/mol. The van der Waals surface area contributed by atoms with E-state index in [2.05, 4.69) is 4.98 Å². The Morgan fingerprint density at radius 3 is 2.92 bits per heavy atom. The van der Waals surface area contributed by atoms with Gasteiger partial charge in [-0.15, -0.1) is 0 Å². The van der Waals surface area contributed by atoms with Gasteiger partial charge in [0.1, 0.15) is 0 Å². The van der Waals surface area contributed by atoms with Crippen molar-refractivity contribution in [3.05, 3.63) is 27.4 Å². The molecule has 12 heavy (non-hydrogen) atoms. The van der Waals surface area contributed by atoms with Gasteiger partial charge >= 0.3 is 5.82 Å². The Kier molecular flexibility index (Phi) is 2.44. The molecule has 0 atom stereocenters. The molecule has 0 aliphatic rings. The maximum Gasteiger partial charge on any atom is 0.406 e. The summed E-state index contributed by atoms with van der Waals surface area (Å²) >= 11 is 5.54. The zero-order chi connectivity index (χ0) is 9.14. The van der Waals surface area contributed by atoms with Crippen LogP contribution in [0.5, 0.6) is 5.75 Å². The van der Waals surface area contributed by atoms with E-state index in [1.54, 1.807) is 0 Å². The second-order valence-corrected chi connectivity index (χ2v) is 2.37. The molecule has 0 aromatic carbocycles. The number of nitro groups is 1. The number of nitrogens with zero attached hydrogens (tertiary/aromatic N) is 2. The lowest BCUT2D eigenvalue weighted by Crippen LogP contribution is -1.95. The number of ether oxygens (including phenoxy) is 1. The fraction of sp³-hybridized carbons (Fsp3) is 0.167. The van der Waals surface area contributed by atoms with Crippen LogP contribution in [0.25, 0.3) is 0 Å². The molecule has 0 N–H and O–H groups in total. The lowest BCUT2D eigenvalue weighted by molar-refractivity contribution is -0.390. The summed E-state index contributed by atoms with van der Waals surface area (Å²) < 4.78 is 4.70. The molecule has 0 saturated heterocycles. The third kappa shape index (κ3) is 1.62. The number of pyridine rings is 1. The van der Waals surface area contributed by atoms with Crippen molar-refractivity contribution >= 4 is 17.4 Å². The molecule has 0 fully saturated rings.